The summed E-state index contributed by atoms with van der Waals surface area (Å²) in [4.78, 5) is 2.40. The summed E-state index contributed by atoms with van der Waals surface area (Å²) in [6.45, 7) is 12.5. The molecule has 3 heteroatoms. The molecule has 1 aromatic carbocycles. The van der Waals surface area contributed by atoms with E-state index in [1.54, 1.807) is 0 Å². The van der Waals surface area contributed by atoms with Gasteiger partial charge in [0.1, 0.15) is 0 Å². The highest BCUT2D eigenvalue weighted by atomic mass is 16.3. The second-order valence-electron chi connectivity index (χ2n) is 7.13. The normalized spacial score (nSPS) is 18.3. The molecule has 118 valence electrons. The van der Waals surface area contributed by atoms with E-state index in [9.17, 15) is 5.11 Å². The molecule has 0 aromatic heterocycles. The molecule has 1 fully saturated rings. The summed E-state index contributed by atoms with van der Waals surface area (Å²) < 4.78 is 0. The van der Waals surface area contributed by atoms with E-state index in [1.807, 2.05) is 6.92 Å². The minimum absolute atomic E-state index is 0.481. The summed E-state index contributed by atoms with van der Waals surface area (Å²) in [6, 6.07) is 6.75. The molecule has 0 unspecified atom stereocenters. The second kappa shape index (κ2) is 6.80. The average molecular weight is 290 g/mol. The zero-order chi connectivity index (χ0) is 15.5. The first-order chi connectivity index (χ1) is 9.87. The van der Waals surface area contributed by atoms with Crippen LogP contribution < -0.4 is 10.2 Å². The van der Waals surface area contributed by atoms with Crippen LogP contribution in [0.3, 0.4) is 0 Å². The molecular weight excluding hydrogens is 260 g/mol. The van der Waals surface area contributed by atoms with Gasteiger partial charge in [-0.2, -0.15) is 0 Å². The molecule has 0 spiro atoms. The maximum absolute atomic E-state index is 10.1. The largest absolute Gasteiger partial charge is 0.390 e. The fourth-order valence-corrected chi connectivity index (χ4v) is 2.92. The quantitative estimate of drug-likeness (QED) is 0.875. The maximum Gasteiger partial charge on any atom is 0.0653 e. The number of aryl methyl sites for hydroxylation is 1. The lowest BCUT2D eigenvalue weighted by atomic mass is 9.93. The zero-order valence-electron chi connectivity index (χ0n) is 13.9. The molecule has 0 atom stereocenters. The van der Waals surface area contributed by atoms with Gasteiger partial charge in [-0.25, -0.2) is 0 Å². The summed E-state index contributed by atoms with van der Waals surface area (Å²) in [6.07, 6.45) is 1.70. The number of hydrogen-bond acceptors (Lipinski definition) is 3. The Morgan fingerprint density at radius 2 is 1.95 bits per heavy atom. The number of benzene rings is 1. The van der Waals surface area contributed by atoms with Gasteiger partial charge < -0.3 is 15.3 Å². The van der Waals surface area contributed by atoms with Crippen molar-refractivity contribution >= 4 is 5.69 Å². The van der Waals surface area contributed by atoms with Crippen LogP contribution in [-0.4, -0.2) is 30.3 Å². The predicted molar refractivity (Wildman–Crippen MR) is 89.8 cm³/mol. The summed E-state index contributed by atoms with van der Waals surface area (Å²) in [5, 5.41) is 13.6. The number of piperidine rings is 1. The van der Waals surface area contributed by atoms with Gasteiger partial charge in [-0.1, -0.05) is 26.0 Å². The Morgan fingerprint density at radius 3 is 2.52 bits per heavy atom. The fraction of sp³-hybridized carbons (Fsp3) is 0.667. The summed E-state index contributed by atoms with van der Waals surface area (Å²) in [7, 11) is 0. The van der Waals surface area contributed by atoms with Crippen LogP contribution in [0.2, 0.25) is 0 Å². The van der Waals surface area contributed by atoms with Crippen LogP contribution in [0.5, 0.6) is 0 Å². The number of rotatable bonds is 5. The van der Waals surface area contributed by atoms with Crippen LogP contribution in [0.25, 0.3) is 0 Å². The van der Waals surface area contributed by atoms with Crippen molar-refractivity contribution in [2.45, 2.75) is 52.7 Å². The SMILES string of the molecule is Cc1cc(CNCC(C)C)ccc1N1CCC(C)(O)CC1. The number of hydrogen-bond donors (Lipinski definition) is 2. The summed E-state index contributed by atoms with van der Waals surface area (Å²) in [5.41, 5.74) is 3.52. The van der Waals surface area contributed by atoms with E-state index in [4.69, 9.17) is 0 Å². The van der Waals surface area contributed by atoms with Crippen molar-refractivity contribution < 1.29 is 5.11 Å². The molecule has 2 rings (SSSR count). The molecule has 2 N–H and O–H groups in total. The first-order valence-corrected chi connectivity index (χ1v) is 8.15. The van der Waals surface area contributed by atoms with E-state index in [-0.39, 0.29) is 0 Å². The monoisotopic (exact) mass is 290 g/mol. The lowest BCUT2D eigenvalue weighted by molar-refractivity contribution is 0.0351. The summed E-state index contributed by atoms with van der Waals surface area (Å²) >= 11 is 0. The maximum atomic E-state index is 10.1. The van der Waals surface area contributed by atoms with E-state index >= 15 is 0 Å². The van der Waals surface area contributed by atoms with Crippen LogP contribution in [0.15, 0.2) is 18.2 Å². The second-order valence-corrected chi connectivity index (χ2v) is 7.13. The van der Waals surface area contributed by atoms with Crippen LogP contribution >= 0.6 is 0 Å². The van der Waals surface area contributed by atoms with Gasteiger partial charge in [0, 0.05) is 25.3 Å². The lowest BCUT2D eigenvalue weighted by Crippen LogP contribution is -2.42. The highest BCUT2D eigenvalue weighted by Gasteiger charge is 2.27. The van der Waals surface area contributed by atoms with Gasteiger partial charge in [-0.05, 0) is 56.3 Å². The van der Waals surface area contributed by atoms with Crippen molar-refractivity contribution in [1.82, 2.24) is 5.32 Å². The molecule has 1 aliphatic heterocycles. The Hall–Kier alpha value is -1.06. The van der Waals surface area contributed by atoms with Gasteiger partial charge >= 0.3 is 0 Å². The molecule has 0 saturated carbocycles. The lowest BCUT2D eigenvalue weighted by Gasteiger charge is -2.37. The molecule has 0 amide bonds. The van der Waals surface area contributed by atoms with Crippen LogP contribution in [-0.2, 0) is 6.54 Å². The topological polar surface area (TPSA) is 35.5 Å². The summed E-state index contributed by atoms with van der Waals surface area (Å²) in [5.74, 6) is 0.687. The van der Waals surface area contributed by atoms with Gasteiger partial charge in [0.05, 0.1) is 5.60 Å². The van der Waals surface area contributed by atoms with Gasteiger partial charge in [-0.15, -0.1) is 0 Å². The molecule has 3 nitrogen and oxygen atoms in total. The third-order valence-electron chi connectivity index (χ3n) is 4.32. The first kappa shape index (κ1) is 16.3. The van der Waals surface area contributed by atoms with E-state index in [1.165, 1.54) is 16.8 Å². The molecule has 0 aliphatic carbocycles. The van der Waals surface area contributed by atoms with Crippen molar-refractivity contribution in [1.29, 1.82) is 0 Å². The highest BCUT2D eigenvalue weighted by molar-refractivity contribution is 5.54. The van der Waals surface area contributed by atoms with Gasteiger partial charge in [0.2, 0.25) is 0 Å². The van der Waals surface area contributed by atoms with Crippen LogP contribution in [0.4, 0.5) is 5.69 Å². The third kappa shape index (κ3) is 4.72. The zero-order valence-corrected chi connectivity index (χ0v) is 13.9. The molecule has 1 heterocycles. The standard InChI is InChI=1S/C18H30N2O/c1-14(2)12-19-13-16-5-6-17(15(3)11-16)20-9-7-18(4,21)8-10-20/h5-6,11,14,19,21H,7-10,12-13H2,1-4H3. The van der Waals surface area contributed by atoms with Gasteiger partial charge in [0.15, 0.2) is 0 Å². The molecule has 1 aliphatic rings. The molecule has 0 radical (unpaired) electrons. The minimum atomic E-state index is -0.481. The minimum Gasteiger partial charge on any atom is -0.390 e. The van der Waals surface area contributed by atoms with Gasteiger partial charge in [0.25, 0.3) is 0 Å². The number of anilines is 1. The number of nitrogens with one attached hydrogen (secondary N) is 1. The van der Waals surface area contributed by atoms with Crippen LogP contribution in [0, 0.1) is 12.8 Å². The molecule has 1 saturated heterocycles. The van der Waals surface area contributed by atoms with E-state index in [0.29, 0.717) is 5.92 Å². The van der Waals surface area contributed by atoms with Crippen LogP contribution in [0.1, 0.15) is 44.7 Å². The average Bonchev–Trinajstić information content (AvgIpc) is 2.39. The van der Waals surface area contributed by atoms with Crippen molar-refractivity contribution in [3.05, 3.63) is 29.3 Å². The Morgan fingerprint density at radius 1 is 1.29 bits per heavy atom. The van der Waals surface area contributed by atoms with E-state index in [0.717, 1.165) is 39.0 Å². The van der Waals surface area contributed by atoms with Crippen molar-refractivity contribution in [3.63, 3.8) is 0 Å². The smallest absolute Gasteiger partial charge is 0.0653 e. The van der Waals surface area contributed by atoms with Crippen molar-refractivity contribution in [2.75, 3.05) is 24.5 Å². The molecule has 0 bridgehead atoms. The predicted octanol–water partition coefficient (Wildman–Crippen LogP) is 3.09. The number of nitrogens with zero attached hydrogens (tertiary/aromatic N) is 1. The van der Waals surface area contributed by atoms with Crippen molar-refractivity contribution in [2.24, 2.45) is 5.92 Å². The van der Waals surface area contributed by atoms with Crippen molar-refractivity contribution in [3.8, 4) is 0 Å². The van der Waals surface area contributed by atoms with E-state index < -0.39 is 5.60 Å². The van der Waals surface area contributed by atoms with Gasteiger partial charge in [-0.3, -0.25) is 0 Å². The Balaban J connectivity index is 1.96. The third-order valence-corrected chi connectivity index (χ3v) is 4.32. The molecule has 1 aromatic rings. The number of aliphatic hydroxyl groups is 1. The Labute approximate surface area is 129 Å². The molecular formula is C18H30N2O. The van der Waals surface area contributed by atoms with E-state index in [2.05, 4.69) is 49.2 Å². The fourth-order valence-electron chi connectivity index (χ4n) is 2.92. The highest BCUT2D eigenvalue weighted by Crippen LogP contribution is 2.28. The Bertz CT molecular complexity index is 458. The Kier molecular flexibility index (Phi) is 5.28. The first-order valence-electron chi connectivity index (χ1n) is 8.15. The molecule has 21 heavy (non-hydrogen) atoms.